The Morgan fingerprint density at radius 3 is 2.39 bits per heavy atom. The number of carbonyl (C=O) groups excluding carboxylic acids is 3. The molecule has 1 unspecified atom stereocenters. The van der Waals surface area contributed by atoms with Crippen LogP contribution in [-0.2, 0) is 22.7 Å². The Labute approximate surface area is 277 Å². The first-order chi connectivity index (χ1) is 22.1. The molecule has 1 fully saturated rings. The van der Waals surface area contributed by atoms with Crippen LogP contribution in [0.3, 0.4) is 0 Å². The molecule has 3 aromatic rings. The molecule has 4 amide bonds. The molecule has 1 heterocycles. The number of hydrazine groups is 1. The number of carbonyl (C=O) groups is 3. The Bertz CT molecular complexity index is 1510. The third kappa shape index (κ3) is 9.57. The number of amides is 4. The van der Waals surface area contributed by atoms with Crippen molar-refractivity contribution in [3.8, 4) is 6.07 Å². The van der Waals surface area contributed by atoms with Gasteiger partial charge >= 0.3 is 6.03 Å². The number of hydrogen-bond donors (Lipinski definition) is 1. The minimum absolute atomic E-state index is 0.139. The molecule has 0 bridgehead atoms. The SMILES string of the molecule is C=CCN(CC)N(C(=O)NCc1ccccc1)C1CN(Cc2cccc(Cl)c2N(C)C)C(=O)CN1C=O.Cc1ccc(C#N)cc1. The van der Waals surface area contributed by atoms with Gasteiger partial charge in [-0.15, -0.1) is 6.58 Å². The first-order valence-electron chi connectivity index (χ1n) is 15.0. The zero-order valence-electron chi connectivity index (χ0n) is 26.9. The van der Waals surface area contributed by atoms with Crippen LogP contribution in [-0.4, -0.2) is 84.6 Å². The van der Waals surface area contributed by atoms with Gasteiger partial charge in [-0.3, -0.25) is 9.59 Å². The summed E-state index contributed by atoms with van der Waals surface area (Å²) in [5.74, 6) is -0.204. The highest BCUT2D eigenvalue weighted by Gasteiger charge is 2.39. The fourth-order valence-corrected chi connectivity index (χ4v) is 5.45. The summed E-state index contributed by atoms with van der Waals surface area (Å²) in [4.78, 5) is 43.7. The van der Waals surface area contributed by atoms with Crippen molar-refractivity contribution in [3.05, 3.63) is 113 Å². The number of anilines is 1. The van der Waals surface area contributed by atoms with Crippen LogP contribution in [0.5, 0.6) is 0 Å². The molecular formula is C35H42ClN7O3. The fraction of sp³-hybridized carbons (Fsp3) is 0.314. The molecule has 0 spiro atoms. The lowest BCUT2D eigenvalue weighted by molar-refractivity contribution is -0.157. The van der Waals surface area contributed by atoms with Crippen molar-refractivity contribution >= 4 is 35.6 Å². The minimum Gasteiger partial charge on any atom is -0.376 e. The maximum Gasteiger partial charge on any atom is 0.334 e. The number of benzene rings is 3. The highest BCUT2D eigenvalue weighted by molar-refractivity contribution is 6.33. The molecule has 1 saturated heterocycles. The number of rotatable bonds is 11. The largest absolute Gasteiger partial charge is 0.376 e. The number of urea groups is 1. The first-order valence-corrected chi connectivity index (χ1v) is 15.4. The highest BCUT2D eigenvalue weighted by atomic mass is 35.5. The summed E-state index contributed by atoms with van der Waals surface area (Å²) in [7, 11) is 3.79. The van der Waals surface area contributed by atoms with Crippen LogP contribution in [0.2, 0.25) is 5.02 Å². The van der Waals surface area contributed by atoms with Crippen molar-refractivity contribution < 1.29 is 14.4 Å². The van der Waals surface area contributed by atoms with Crippen molar-refractivity contribution in [2.45, 2.75) is 33.1 Å². The third-order valence-corrected chi connectivity index (χ3v) is 7.72. The van der Waals surface area contributed by atoms with Gasteiger partial charge in [-0.25, -0.2) is 14.8 Å². The number of nitriles is 1. The Morgan fingerprint density at radius 2 is 1.80 bits per heavy atom. The molecule has 0 saturated carbocycles. The van der Waals surface area contributed by atoms with Gasteiger partial charge in [0.25, 0.3) is 0 Å². The molecule has 46 heavy (non-hydrogen) atoms. The molecule has 242 valence electrons. The Kier molecular flexibility index (Phi) is 13.6. The van der Waals surface area contributed by atoms with E-state index < -0.39 is 6.17 Å². The molecule has 4 rings (SSSR count). The van der Waals surface area contributed by atoms with E-state index >= 15 is 0 Å². The van der Waals surface area contributed by atoms with E-state index in [9.17, 15) is 14.4 Å². The van der Waals surface area contributed by atoms with E-state index in [1.54, 1.807) is 11.0 Å². The van der Waals surface area contributed by atoms with Crippen LogP contribution in [0.1, 0.15) is 29.2 Å². The van der Waals surface area contributed by atoms with E-state index in [1.165, 1.54) is 15.5 Å². The van der Waals surface area contributed by atoms with E-state index in [1.807, 2.05) is 111 Å². The van der Waals surface area contributed by atoms with Crippen LogP contribution in [0.15, 0.2) is 85.5 Å². The van der Waals surface area contributed by atoms with Crippen LogP contribution in [0, 0.1) is 18.3 Å². The number of halogens is 1. The molecule has 3 aromatic carbocycles. The van der Waals surface area contributed by atoms with Gasteiger partial charge in [0.05, 0.1) is 28.9 Å². The second-order valence-corrected chi connectivity index (χ2v) is 11.3. The lowest BCUT2D eigenvalue weighted by Crippen LogP contribution is -2.67. The molecule has 1 aliphatic heterocycles. The van der Waals surface area contributed by atoms with Crippen LogP contribution >= 0.6 is 11.6 Å². The molecule has 11 heteroatoms. The van der Waals surface area contributed by atoms with Gasteiger partial charge in [-0.05, 0) is 36.2 Å². The standard InChI is InChI=1S/C27H35ClN6O3.C8H7N/c1-5-15-33(6-2)34(27(37)29-16-21-11-8-7-9-12-21)24-18-31(25(36)19-32(24)20-35)17-22-13-10-14-23(28)26(22)30(3)4;1-7-2-4-8(6-9)5-3-7/h5,7-14,20,24H,1,6,15-19H2,2-4H3,(H,29,37);2-5H,1H3. The number of para-hydroxylation sites is 1. The molecule has 0 aliphatic carbocycles. The van der Waals surface area contributed by atoms with Crippen LogP contribution < -0.4 is 10.2 Å². The van der Waals surface area contributed by atoms with Crippen molar-refractivity contribution in [2.24, 2.45) is 0 Å². The average Bonchev–Trinajstić information content (AvgIpc) is 3.05. The number of aryl methyl sites for hydroxylation is 1. The summed E-state index contributed by atoms with van der Waals surface area (Å²) in [5.41, 5.74) is 4.57. The topological polar surface area (TPSA) is 103 Å². The highest BCUT2D eigenvalue weighted by Crippen LogP contribution is 2.30. The smallest absolute Gasteiger partial charge is 0.334 e. The summed E-state index contributed by atoms with van der Waals surface area (Å²) in [5, 5.41) is 15.3. The number of piperazine rings is 1. The maximum atomic E-state index is 13.6. The monoisotopic (exact) mass is 643 g/mol. The quantitative estimate of drug-likeness (QED) is 0.179. The molecule has 0 radical (unpaired) electrons. The molecule has 0 aromatic heterocycles. The number of hydrogen-bond acceptors (Lipinski definition) is 6. The Balaban J connectivity index is 0.000000549. The van der Waals surface area contributed by atoms with Crippen molar-refractivity contribution in [3.63, 3.8) is 0 Å². The second-order valence-electron chi connectivity index (χ2n) is 10.9. The van der Waals surface area contributed by atoms with Gasteiger partial charge < -0.3 is 20.0 Å². The zero-order chi connectivity index (χ0) is 33.6. The maximum absolute atomic E-state index is 13.6. The summed E-state index contributed by atoms with van der Waals surface area (Å²) >= 11 is 6.45. The lowest BCUT2D eigenvalue weighted by atomic mass is 10.1. The van der Waals surface area contributed by atoms with Crippen LogP contribution in [0.4, 0.5) is 10.5 Å². The predicted molar refractivity (Wildman–Crippen MR) is 182 cm³/mol. The van der Waals surface area contributed by atoms with E-state index in [0.717, 1.165) is 22.4 Å². The van der Waals surface area contributed by atoms with Crippen molar-refractivity contribution in [2.75, 3.05) is 45.2 Å². The normalized spacial score (nSPS) is 14.1. The van der Waals surface area contributed by atoms with Gasteiger partial charge in [0.15, 0.2) is 0 Å². The summed E-state index contributed by atoms with van der Waals surface area (Å²) in [6, 6.07) is 24.3. The first kappa shape index (κ1) is 35.6. The zero-order valence-corrected chi connectivity index (χ0v) is 27.7. The molecule has 1 aliphatic rings. The summed E-state index contributed by atoms with van der Waals surface area (Å²) in [6.07, 6.45) is 1.63. The van der Waals surface area contributed by atoms with Gasteiger partial charge in [-0.1, -0.05) is 84.8 Å². The number of nitrogens with one attached hydrogen (secondary N) is 1. The number of nitrogens with zero attached hydrogens (tertiary/aromatic N) is 6. The van der Waals surface area contributed by atoms with Gasteiger partial charge in [0, 0.05) is 40.3 Å². The van der Waals surface area contributed by atoms with E-state index in [-0.39, 0.29) is 25.0 Å². The van der Waals surface area contributed by atoms with E-state index in [0.29, 0.717) is 37.6 Å². The number of likely N-dealkylation sites (N-methyl/N-ethyl adjacent to an activating group) is 1. The molecule has 1 atom stereocenters. The Hall–Kier alpha value is -4.85. The molecular weight excluding hydrogens is 602 g/mol. The van der Waals surface area contributed by atoms with E-state index in [2.05, 4.69) is 18.0 Å². The van der Waals surface area contributed by atoms with E-state index in [4.69, 9.17) is 16.9 Å². The third-order valence-electron chi connectivity index (χ3n) is 7.42. The predicted octanol–water partition coefficient (Wildman–Crippen LogP) is 5.03. The Morgan fingerprint density at radius 1 is 1.11 bits per heavy atom. The van der Waals surface area contributed by atoms with Gasteiger partial charge in [-0.2, -0.15) is 5.26 Å². The summed E-state index contributed by atoms with van der Waals surface area (Å²) < 4.78 is 0. The minimum atomic E-state index is -0.701. The van der Waals surface area contributed by atoms with Gasteiger partial charge in [0.2, 0.25) is 12.3 Å². The lowest BCUT2D eigenvalue weighted by Gasteiger charge is -2.47. The summed E-state index contributed by atoms with van der Waals surface area (Å²) in [6.45, 7) is 9.27. The molecule has 1 N–H and O–H groups in total. The van der Waals surface area contributed by atoms with Crippen LogP contribution in [0.25, 0.3) is 0 Å². The van der Waals surface area contributed by atoms with Crippen molar-refractivity contribution in [1.29, 1.82) is 5.26 Å². The average molecular weight is 644 g/mol. The second kappa shape index (κ2) is 17.6. The molecule has 10 nitrogen and oxygen atoms in total. The fourth-order valence-electron chi connectivity index (χ4n) is 5.09. The van der Waals surface area contributed by atoms with Crippen molar-refractivity contribution in [1.82, 2.24) is 25.1 Å². The van der Waals surface area contributed by atoms with Gasteiger partial charge in [0.1, 0.15) is 12.7 Å².